The van der Waals surface area contributed by atoms with E-state index in [1.165, 1.54) is 9.13 Å². The first-order chi connectivity index (χ1) is 11.8. The van der Waals surface area contributed by atoms with Crippen LogP contribution < -0.4 is 16.3 Å². The quantitative estimate of drug-likeness (QED) is 0.770. The minimum Gasteiger partial charge on any atom is -0.297 e. The Bertz CT molecular complexity index is 991. The van der Waals surface area contributed by atoms with Crippen LogP contribution in [0.1, 0.15) is 33.6 Å². The normalized spacial score (nSPS) is 13.9. The van der Waals surface area contributed by atoms with Crippen LogP contribution in [0.3, 0.4) is 0 Å². The van der Waals surface area contributed by atoms with Gasteiger partial charge in [0.05, 0.1) is 18.8 Å². The van der Waals surface area contributed by atoms with Gasteiger partial charge in [-0.2, -0.15) is 10.1 Å². The number of hydrogen-bond acceptors (Lipinski definition) is 5. The van der Waals surface area contributed by atoms with E-state index in [2.05, 4.69) is 16.7 Å². The van der Waals surface area contributed by atoms with Gasteiger partial charge in [0.2, 0.25) is 5.95 Å². The van der Waals surface area contributed by atoms with Crippen molar-refractivity contribution < 1.29 is 0 Å². The van der Waals surface area contributed by atoms with E-state index in [9.17, 15) is 9.59 Å². The number of aromatic nitrogens is 4. The van der Waals surface area contributed by atoms with Crippen LogP contribution in [0.25, 0.3) is 11.2 Å². The predicted molar refractivity (Wildman–Crippen MR) is 99.4 cm³/mol. The molecule has 0 fully saturated rings. The molecule has 2 aromatic heterocycles. The van der Waals surface area contributed by atoms with Gasteiger partial charge in [0.1, 0.15) is 0 Å². The van der Waals surface area contributed by atoms with E-state index in [4.69, 9.17) is 0 Å². The molecule has 2 aromatic rings. The second-order valence-electron chi connectivity index (χ2n) is 6.67. The van der Waals surface area contributed by atoms with Gasteiger partial charge in [0.25, 0.3) is 5.56 Å². The number of imidazole rings is 1. The SMILES string of the molecule is C=C(C)CN1N=C(C)Cn2c1nc1c2c(=O)n(CCCC)c(=O)n1C. The molecule has 1 aliphatic heterocycles. The van der Waals surface area contributed by atoms with Crippen LogP contribution in [0.4, 0.5) is 5.95 Å². The zero-order valence-corrected chi connectivity index (χ0v) is 15.2. The summed E-state index contributed by atoms with van der Waals surface area (Å²) >= 11 is 0. The lowest BCUT2D eigenvalue weighted by Crippen LogP contribution is -2.40. The molecular formula is C17H24N6O2. The summed E-state index contributed by atoms with van der Waals surface area (Å²) in [5.41, 5.74) is 2.05. The standard InChI is InChI=1S/C17H24N6O2/c1-6-7-8-21-15(24)13-14(20(5)17(21)25)18-16-22(13)10-12(4)19-23(16)9-11(2)3/h2,6-10H2,1,3-5H3. The summed E-state index contributed by atoms with van der Waals surface area (Å²) in [5, 5.41) is 6.26. The van der Waals surface area contributed by atoms with Crippen LogP contribution in [0, 0.1) is 0 Å². The molecule has 0 saturated heterocycles. The highest BCUT2D eigenvalue weighted by molar-refractivity contribution is 5.87. The summed E-state index contributed by atoms with van der Waals surface area (Å²) in [6.07, 6.45) is 1.69. The van der Waals surface area contributed by atoms with Crippen molar-refractivity contribution in [3.8, 4) is 0 Å². The molecule has 134 valence electrons. The first-order valence-corrected chi connectivity index (χ1v) is 8.51. The molecule has 0 aliphatic carbocycles. The van der Waals surface area contributed by atoms with Crippen LogP contribution in [0.2, 0.25) is 0 Å². The molecule has 0 aromatic carbocycles. The van der Waals surface area contributed by atoms with Gasteiger partial charge >= 0.3 is 5.69 Å². The van der Waals surface area contributed by atoms with Crippen molar-refractivity contribution in [2.75, 3.05) is 11.6 Å². The van der Waals surface area contributed by atoms with Gasteiger partial charge in [-0.1, -0.05) is 25.5 Å². The zero-order chi connectivity index (χ0) is 18.3. The lowest BCUT2D eigenvalue weighted by atomic mass is 10.3. The summed E-state index contributed by atoms with van der Waals surface area (Å²) in [5.74, 6) is 0.573. The first-order valence-electron chi connectivity index (χ1n) is 8.51. The Kier molecular flexibility index (Phi) is 4.36. The fourth-order valence-corrected chi connectivity index (χ4v) is 3.09. The van der Waals surface area contributed by atoms with Gasteiger partial charge in [-0.25, -0.2) is 9.80 Å². The number of unbranched alkanes of at least 4 members (excludes halogenated alkanes) is 1. The van der Waals surface area contributed by atoms with E-state index in [0.29, 0.717) is 36.7 Å². The molecule has 0 amide bonds. The maximum Gasteiger partial charge on any atom is 0.332 e. The van der Waals surface area contributed by atoms with E-state index in [0.717, 1.165) is 24.1 Å². The number of fused-ring (bicyclic) bond motifs is 3. The number of nitrogens with zero attached hydrogens (tertiary/aromatic N) is 6. The average Bonchev–Trinajstić information content (AvgIpc) is 2.92. The molecule has 0 saturated carbocycles. The topological polar surface area (TPSA) is 77.4 Å². The Hall–Kier alpha value is -2.64. The molecule has 0 unspecified atom stereocenters. The first kappa shape index (κ1) is 17.2. The molecule has 0 N–H and O–H groups in total. The predicted octanol–water partition coefficient (Wildman–Crippen LogP) is 1.47. The molecule has 8 nitrogen and oxygen atoms in total. The summed E-state index contributed by atoms with van der Waals surface area (Å²) in [6.45, 7) is 11.2. The molecule has 1 aliphatic rings. The molecule has 0 spiro atoms. The van der Waals surface area contributed by atoms with Crippen LogP contribution in [-0.2, 0) is 20.1 Å². The van der Waals surface area contributed by atoms with Gasteiger partial charge in [-0.15, -0.1) is 0 Å². The second kappa shape index (κ2) is 6.34. The minimum atomic E-state index is -0.328. The lowest BCUT2D eigenvalue weighted by Gasteiger charge is -2.24. The number of hydrazone groups is 1. The van der Waals surface area contributed by atoms with Crippen molar-refractivity contribution in [3.05, 3.63) is 33.0 Å². The van der Waals surface area contributed by atoms with Crippen molar-refractivity contribution in [1.29, 1.82) is 0 Å². The van der Waals surface area contributed by atoms with Gasteiger partial charge in [-0.3, -0.25) is 18.5 Å². The number of rotatable bonds is 5. The molecule has 25 heavy (non-hydrogen) atoms. The van der Waals surface area contributed by atoms with Crippen molar-refractivity contribution in [2.24, 2.45) is 12.1 Å². The Morgan fingerprint density at radius 2 is 2.04 bits per heavy atom. The molecule has 3 rings (SSSR count). The van der Waals surface area contributed by atoms with Crippen LogP contribution in [0.5, 0.6) is 0 Å². The Morgan fingerprint density at radius 1 is 1.32 bits per heavy atom. The number of hydrogen-bond donors (Lipinski definition) is 0. The molecular weight excluding hydrogens is 320 g/mol. The zero-order valence-electron chi connectivity index (χ0n) is 15.2. The van der Waals surface area contributed by atoms with Gasteiger partial charge in [-0.05, 0) is 20.3 Å². The van der Waals surface area contributed by atoms with Crippen molar-refractivity contribution in [1.82, 2.24) is 18.7 Å². The monoisotopic (exact) mass is 344 g/mol. The van der Waals surface area contributed by atoms with Crippen LogP contribution in [0.15, 0.2) is 26.8 Å². The van der Waals surface area contributed by atoms with E-state index in [-0.39, 0.29) is 11.2 Å². The lowest BCUT2D eigenvalue weighted by molar-refractivity contribution is 0.565. The van der Waals surface area contributed by atoms with Crippen LogP contribution in [-0.4, -0.2) is 30.9 Å². The number of anilines is 1. The molecule has 0 radical (unpaired) electrons. The van der Waals surface area contributed by atoms with Gasteiger partial charge < -0.3 is 0 Å². The third-order valence-electron chi connectivity index (χ3n) is 4.28. The summed E-state index contributed by atoms with van der Waals surface area (Å²) in [6, 6.07) is 0. The van der Waals surface area contributed by atoms with Crippen molar-refractivity contribution in [3.63, 3.8) is 0 Å². The summed E-state index contributed by atoms with van der Waals surface area (Å²) in [7, 11) is 1.66. The van der Waals surface area contributed by atoms with Gasteiger partial charge in [0, 0.05) is 13.6 Å². The third kappa shape index (κ3) is 2.81. The van der Waals surface area contributed by atoms with E-state index in [1.807, 2.05) is 25.3 Å². The second-order valence-corrected chi connectivity index (χ2v) is 6.67. The highest BCUT2D eigenvalue weighted by atomic mass is 16.2. The third-order valence-corrected chi connectivity index (χ3v) is 4.28. The Morgan fingerprint density at radius 3 is 2.68 bits per heavy atom. The number of aryl methyl sites for hydroxylation is 1. The van der Waals surface area contributed by atoms with Crippen molar-refractivity contribution in [2.45, 2.75) is 46.7 Å². The molecule has 0 bridgehead atoms. The maximum absolute atomic E-state index is 13.0. The Balaban J connectivity index is 2.28. The molecule has 8 heteroatoms. The van der Waals surface area contributed by atoms with E-state index < -0.39 is 0 Å². The van der Waals surface area contributed by atoms with Crippen LogP contribution >= 0.6 is 0 Å². The maximum atomic E-state index is 13.0. The van der Waals surface area contributed by atoms with Crippen molar-refractivity contribution >= 4 is 22.8 Å². The van der Waals surface area contributed by atoms with E-state index >= 15 is 0 Å². The molecule has 0 atom stereocenters. The fourth-order valence-electron chi connectivity index (χ4n) is 3.09. The van der Waals surface area contributed by atoms with Gasteiger partial charge in [0.15, 0.2) is 11.2 Å². The average molecular weight is 344 g/mol. The summed E-state index contributed by atoms with van der Waals surface area (Å²) in [4.78, 5) is 30.1. The Labute approximate surface area is 145 Å². The highest BCUT2D eigenvalue weighted by Gasteiger charge is 2.26. The smallest absolute Gasteiger partial charge is 0.297 e. The van der Waals surface area contributed by atoms with E-state index in [1.54, 1.807) is 12.1 Å². The fraction of sp³-hybridized carbons (Fsp3) is 0.529. The molecule has 3 heterocycles. The largest absolute Gasteiger partial charge is 0.332 e. The summed E-state index contributed by atoms with van der Waals surface area (Å²) < 4.78 is 4.61. The minimum absolute atomic E-state index is 0.282. The highest BCUT2D eigenvalue weighted by Crippen LogP contribution is 2.24.